The van der Waals surface area contributed by atoms with Gasteiger partial charge in [0.05, 0.1) is 6.10 Å². The normalized spacial score (nSPS) is 28.8. The van der Waals surface area contributed by atoms with Crippen molar-refractivity contribution in [2.75, 3.05) is 0 Å². The lowest BCUT2D eigenvalue weighted by atomic mass is 9.58. The second kappa shape index (κ2) is 4.73. The highest BCUT2D eigenvalue weighted by molar-refractivity contribution is 9.10. The Kier molecular flexibility index (Phi) is 3.46. The summed E-state index contributed by atoms with van der Waals surface area (Å²) in [6.45, 7) is 9.29. The Bertz CT molecular complexity index is 546. The maximum Gasteiger partial charge on any atom is 0.127 e. The molecule has 1 aromatic carbocycles. The number of hydrogen-bond donors (Lipinski definition) is 1. The zero-order chi connectivity index (χ0) is 15.5. The third-order valence-electron chi connectivity index (χ3n) is 4.78. The number of halogens is 1. The average molecular weight is 353 g/mol. The second-order valence-corrected chi connectivity index (χ2v) is 9.46. The molecule has 1 heterocycles. The van der Waals surface area contributed by atoms with E-state index in [-0.39, 0.29) is 16.4 Å². The third-order valence-corrected chi connectivity index (χ3v) is 5.28. The standard InChI is InChI=1S/C18H25BrO2/c1-16(2)9-17(3,4)11-18(10-16)8-14(20)13-6-5-12(19)7-15(13)21-18/h5-7,14,20H,8-11H2,1-4H3/t14-/m1/s1. The third kappa shape index (κ3) is 3.00. The lowest BCUT2D eigenvalue weighted by molar-refractivity contribution is -0.104. The molecule has 3 heteroatoms. The van der Waals surface area contributed by atoms with E-state index < -0.39 is 6.10 Å². The predicted molar refractivity (Wildman–Crippen MR) is 88.5 cm³/mol. The molecule has 1 aliphatic carbocycles. The van der Waals surface area contributed by atoms with Crippen LogP contribution in [0.3, 0.4) is 0 Å². The lowest BCUT2D eigenvalue weighted by Crippen LogP contribution is -2.52. The molecular formula is C18H25BrO2. The topological polar surface area (TPSA) is 29.5 Å². The van der Waals surface area contributed by atoms with Gasteiger partial charge in [-0.15, -0.1) is 0 Å². The predicted octanol–water partition coefficient (Wildman–Crippen LogP) is 5.24. The number of rotatable bonds is 0. The van der Waals surface area contributed by atoms with Gasteiger partial charge in [-0.2, -0.15) is 0 Å². The summed E-state index contributed by atoms with van der Waals surface area (Å²) in [5.41, 5.74) is 1.17. The number of fused-ring (bicyclic) bond motifs is 1. The van der Waals surface area contributed by atoms with Crippen molar-refractivity contribution < 1.29 is 9.84 Å². The molecule has 1 spiro atoms. The fraction of sp³-hybridized carbons (Fsp3) is 0.667. The SMILES string of the molecule is CC1(C)CC(C)(C)CC2(C[C@@H](O)c3ccc(Br)cc3O2)C1. The van der Waals surface area contributed by atoms with E-state index in [1.165, 1.54) is 6.42 Å². The molecule has 116 valence electrons. The zero-order valence-corrected chi connectivity index (χ0v) is 15.0. The summed E-state index contributed by atoms with van der Waals surface area (Å²) in [4.78, 5) is 0. The highest BCUT2D eigenvalue weighted by atomic mass is 79.9. The molecule has 1 N–H and O–H groups in total. The minimum Gasteiger partial charge on any atom is -0.487 e. The van der Waals surface area contributed by atoms with Gasteiger partial charge in [0, 0.05) is 16.5 Å². The molecular weight excluding hydrogens is 328 g/mol. The molecule has 1 aromatic rings. The fourth-order valence-corrected chi connectivity index (χ4v) is 5.39. The van der Waals surface area contributed by atoms with Crippen molar-refractivity contribution in [1.29, 1.82) is 0 Å². The monoisotopic (exact) mass is 352 g/mol. The molecule has 1 saturated carbocycles. The Morgan fingerprint density at radius 3 is 2.33 bits per heavy atom. The smallest absolute Gasteiger partial charge is 0.127 e. The minimum atomic E-state index is -0.424. The van der Waals surface area contributed by atoms with Gasteiger partial charge < -0.3 is 9.84 Å². The van der Waals surface area contributed by atoms with Crippen LogP contribution in [0.25, 0.3) is 0 Å². The number of aliphatic hydroxyl groups is 1. The quantitative estimate of drug-likeness (QED) is 0.691. The van der Waals surface area contributed by atoms with Gasteiger partial charge >= 0.3 is 0 Å². The van der Waals surface area contributed by atoms with E-state index in [0.717, 1.165) is 28.6 Å². The molecule has 2 nitrogen and oxygen atoms in total. The molecule has 0 saturated heterocycles. The Morgan fingerprint density at radius 1 is 1.10 bits per heavy atom. The van der Waals surface area contributed by atoms with E-state index in [4.69, 9.17) is 4.74 Å². The molecule has 2 aliphatic rings. The highest BCUT2D eigenvalue weighted by Gasteiger charge is 2.51. The first-order valence-corrected chi connectivity index (χ1v) is 8.56. The van der Waals surface area contributed by atoms with Gasteiger partial charge in [0.25, 0.3) is 0 Å². The molecule has 1 atom stereocenters. The lowest BCUT2D eigenvalue weighted by Gasteiger charge is -2.54. The number of ether oxygens (including phenoxy) is 1. The summed E-state index contributed by atoms with van der Waals surface area (Å²) in [7, 11) is 0. The number of aliphatic hydroxyl groups excluding tert-OH is 1. The first kappa shape index (κ1) is 15.4. The molecule has 0 unspecified atom stereocenters. The van der Waals surface area contributed by atoms with Crippen molar-refractivity contribution in [2.45, 2.75) is 65.1 Å². The van der Waals surface area contributed by atoms with Crippen LogP contribution in [0.4, 0.5) is 0 Å². The van der Waals surface area contributed by atoms with Gasteiger partial charge in [-0.3, -0.25) is 0 Å². The van der Waals surface area contributed by atoms with Gasteiger partial charge in [0.15, 0.2) is 0 Å². The summed E-state index contributed by atoms with van der Waals surface area (Å²) in [6.07, 6.45) is 3.49. The van der Waals surface area contributed by atoms with E-state index in [1.807, 2.05) is 18.2 Å². The first-order chi connectivity index (χ1) is 9.60. The summed E-state index contributed by atoms with van der Waals surface area (Å²) in [5, 5.41) is 10.6. The van der Waals surface area contributed by atoms with Crippen LogP contribution in [0.1, 0.15) is 65.0 Å². The van der Waals surface area contributed by atoms with Gasteiger partial charge in [-0.1, -0.05) is 49.7 Å². The minimum absolute atomic E-state index is 0.238. The van der Waals surface area contributed by atoms with E-state index in [2.05, 4.69) is 43.6 Å². The summed E-state index contributed by atoms with van der Waals surface area (Å²) >= 11 is 3.51. The van der Waals surface area contributed by atoms with Crippen LogP contribution in [-0.2, 0) is 0 Å². The summed E-state index contributed by atoms with van der Waals surface area (Å²) < 4.78 is 7.49. The molecule has 0 radical (unpaired) electrons. The Labute approximate surface area is 136 Å². The maximum absolute atomic E-state index is 10.6. The van der Waals surface area contributed by atoms with Gasteiger partial charge in [-0.25, -0.2) is 0 Å². The van der Waals surface area contributed by atoms with E-state index in [9.17, 15) is 5.11 Å². The van der Waals surface area contributed by atoms with Crippen LogP contribution in [0.2, 0.25) is 0 Å². The van der Waals surface area contributed by atoms with Gasteiger partial charge in [-0.05, 0) is 42.2 Å². The molecule has 21 heavy (non-hydrogen) atoms. The molecule has 1 fully saturated rings. The summed E-state index contributed by atoms with van der Waals surface area (Å²) in [6, 6.07) is 5.93. The van der Waals surface area contributed by atoms with Crippen LogP contribution in [0, 0.1) is 10.8 Å². The number of hydrogen-bond acceptors (Lipinski definition) is 2. The van der Waals surface area contributed by atoms with Crippen LogP contribution in [0.5, 0.6) is 5.75 Å². The Balaban J connectivity index is 2.00. The van der Waals surface area contributed by atoms with E-state index in [1.54, 1.807) is 0 Å². The van der Waals surface area contributed by atoms with Crippen LogP contribution >= 0.6 is 15.9 Å². The highest BCUT2D eigenvalue weighted by Crippen LogP contribution is 2.56. The van der Waals surface area contributed by atoms with Crippen molar-refractivity contribution in [3.8, 4) is 5.75 Å². The second-order valence-electron chi connectivity index (χ2n) is 8.55. The van der Waals surface area contributed by atoms with Crippen LogP contribution < -0.4 is 4.74 Å². The Morgan fingerprint density at radius 2 is 1.71 bits per heavy atom. The zero-order valence-electron chi connectivity index (χ0n) is 13.4. The van der Waals surface area contributed by atoms with Crippen molar-refractivity contribution in [3.63, 3.8) is 0 Å². The van der Waals surface area contributed by atoms with Crippen molar-refractivity contribution in [3.05, 3.63) is 28.2 Å². The van der Waals surface area contributed by atoms with Gasteiger partial charge in [0.1, 0.15) is 11.4 Å². The average Bonchev–Trinajstić information content (AvgIpc) is 2.22. The summed E-state index contributed by atoms with van der Waals surface area (Å²) in [5.74, 6) is 0.844. The largest absolute Gasteiger partial charge is 0.487 e. The number of benzene rings is 1. The molecule has 3 rings (SSSR count). The van der Waals surface area contributed by atoms with Crippen LogP contribution in [0.15, 0.2) is 22.7 Å². The molecule has 0 amide bonds. The molecule has 0 aromatic heterocycles. The molecule has 0 bridgehead atoms. The fourth-order valence-electron chi connectivity index (χ4n) is 5.05. The van der Waals surface area contributed by atoms with E-state index >= 15 is 0 Å². The van der Waals surface area contributed by atoms with Crippen molar-refractivity contribution >= 4 is 15.9 Å². The van der Waals surface area contributed by atoms with Crippen LogP contribution in [-0.4, -0.2) is 10.7 Å². The van der Waals surface area contributed by atoms with E-state index in [0.29, 0.717) is 6.42 Å². The van der Waals surface area contributed by atoms with Gasteiger partial charge in [0.2, 0.25) is 0 Å². The van der Waals surface area contributed by atoms with Crippen molar-refractivity contribution in [1.82, 2.24) is 0 Å². The molecule has 1 aliphatic heterocycles. The maximum atomic E-state index is 10.6. The van der Waals surface area contributed by atoms with Crippen molar-refractivity contribution in [2.24, 2.45) is 10.8 Å². The Hall–Kier alpha value is -0.540. The first-order valence-electron chi connectivity index (χ1n) is 7.77.